The van der Waals surface area contributed by atoms with Crippen molar-refractivity contribution in [3.05, 3.63) is 12.2 Å². The summed E-state index contributed by atoms with van der Waals surface area (Å²) in [5, 5.41) is 0. The van der Waals surface area contributed by atoms with Crippen molar-refractivity contribution in [2.75, 3.05) is 5.88 Å². The third kappa shape index (κ3) is 8.25. The van der Waals surface area contributed by atoms with Gasteiger partial charge in [-0.3, -0.25) is 0 Å². The maximum absolute atomic E-state index is 5.46. The zero-order chi connectivity index (χ0) is 7.33. The first-order valence-corrected chi connectivity index (χ1v) is 7.51. The van der Waals surface area contributed by atoms with Crippen molar-refractivity contribution in [1.29, 1.82) is 0 Å². The van der Waals surface area contributed by atoms with Crippen LogP contribution in [0.2, 0.25) is 25.7 Å². The van der Waals surface area contributed by atoms with Gasteiger partial charge in [0.1, 0.15) is 0 Å². The fourth-order valence-electron chi connectivity index (χ4n) is 0.500. The Morgan fingerprint density at radius 2 is 1.78 bits per heavy atom. The minimum absolute atomic E-state index is 0.657. The lowest BCUT2D eigenvalue weighted by molar-refractivity contribution is 1.49. The molecular formula is C7H15ClSi. The van der Waals surface area contributed by atoms with E-state index in [1.165, 1.54) is 6.04 Å². The minimum atomic E-state index is -0.840. The first kappa shape index (κ1) is 9.25. The van der Waals surface area contributed by atoms with Gasteiger partial charge in [0.15, 0.2) is 0 Å². The summed E-state index contributed by atoms with van der Waals surface area (Å²) in [4.78, 5) is 0. The van der Waals surface area contributed by atoms with Crippen molar-refractivity contribution in [2.45, 2.75) is 25.7 Å². The SMILES string of the molecule is C[Si](C)(C)CC=CCCl. The highest BCUT2D eigenvalue weighted by molar-refractivity contribution is 6.76. The Balaban J connectivity index is 3.38. The second kappa shape index (κ2) is 4.12. The van der Waals surface area contributed by atoms with Crippen LogP contribution >= 0.6 is 11.6 Å². The maximum atomic E-state index is 5.46. The molecule has 0 saturated heterocycles. The fraction of sp³-hybridized carbons (Fsp3) is 0.714. The summed E-state index contributed by atoms with van der Waals surface area (Å²) in [5.74, 6) is 0.657. The zero-order valence-corrected chi connectivity index (χ0v) is 8.20. The second-order valence-electron chi connectivity index (χ2n) is 3.39. The van der Waals surface area contributed by atoms with Crippen molar-refractivity contribution in [2.24, 2.45) is 0 Å². The van der Waals surface area contributed by atoms with Crippen LogP contribution in [-0.4, -0.2) is 14.0 Å². The van der Waals surface area contributed by atoms with E-state index in [1.807, 2.05) is 6.08 Å². The Morgan fingerprint density at radius 1 is 1.22 bits per heavy atom. The predicted octanol–water partition coefficient (Wildman–Crippen LogP) is 3.12. The van der Waals surface area contributed by atoms with Gasteiger partial charge in [-0.15, -0.1) is 11.6 Å². The predicted molar refractivity (Wildman–Crippen MR) is 48.0 cm³/mol. The van der Waals surface area contributed by atoms with Crippen molar-refractivity contribution < 1.29 is 0 Å². The van der Waals surface area contributed by atoms with Gasteiger partial charge < -0.3 is 0 Å². The molecule has 0 spiro atoms. The Bertz CT molecular complexity index is 91.6. The average Bonchev–Trinajstić information content (AvgIpc) is 1.63. The Labute approximate surface area is 63.9 Å². The van der Waals surface area contributed by atoms with Gasteiger partial charge in [-0.25, -0.2) is 0 Å². The molecule has 0 unspecified atom stereocenters. The summed E-state index contributed by atoms with van der Waals surface area (Å²) in [6.45, 7) is 7.06. The van der Waals surface area contributed by atoms with Crippen LogP contribution in [0.15, 0.2) is 12.2 Å². The van der Waals surface area contributed by atoms with Crippen molar-refractivity contribution >= 4 is 19.7 Å². The van der Waals surface area contributed by atoms with Crippen LogP contribution in [0.3, 0.4) is 0 Å². The topological polar surface area (TPSA) is 0 Å². The summed E-state index contributed by atoms with van der Waals surface area (Å²) in [7, 11) is -0.840. The van der Waals surface area contributed by atoms with Gasteiger partial charge in [0, 0.05) is 14.0 Å². The average molecular weight is 163 g/mol. The molecule has 0 aliphatic carbocycles. The molecule has 0 aliphatic rings. The number of hydrogen-bond donors (Lipinski definition) is 0. The van der Waals surface area contributed by atoms with Gasteiger partial charge in [-0.05, 0) is 6.04 Å². The van der Waals surface area contributed by atoms with Gasteiger partial charge in [-0.2, -0.15) is 0 Å². The molecule has 0 aliphatic heterocycles. The largest absolute Gasteiger partial charge is 0.122 e. The minimum Gasteiger partial charge on any atom is -0.122 e. The van der Waals surface area contributed by atoms with Crippen LogP contribution in [0.1, 0.15) is 0 Å². The van der Waals surface area contributed by atoms with E-state index in [-0.39, 0.29) is 0 Å². The molecule has 0 atom stereocenters. The van der Waals surface area contributed by atoms with Crippen LogP contribution in [0, 0.1) is 0 Å². The van der Waals surface area contributed by atoms with Gasteiger partial charge >= 0.3 is 0 Å². The summed E-state index contributed by atoms with van der Waals surface area (Å²) in [5.41, 5.74) is 0. The standard InChI is InChI=1S/C7H15ClSi/c1-9(2,3)7-5-4-6-8/h4-5H,6-7H2,1-3H3. The lowest BCUT2D eigenvalue weighted by Gasteiger charge is -2.11. The van der Waals surface area contributed by atoms with E-state index in [9.17, 15) is 0 Å². The molecule has 0 aromatic heterocycles. The van der Waals surface area contributed by atoms with Crippen molar-refractivity contribution in [3.8, 4) is 0 Å². The molecule has 2 heteroatoms. The number of allylic oxidation sites excluding steroid dienone is 2. The fourth-order valence-corrected chi connectivity index (χ4v) is 1.50. The van der Waals surface area contributed by atoms with E-state index in [0.29, 0.717) is 5.88 Å². The van der Waals surface area contributed by atoms with Crippen molar-refractivity contribution in [1.82, 2.24) is 0 Å². The van der Waals surface area contributed by atoms with Gasteiger partial charge in [0.05, 0.1) is 0 Å². The van der Waals surface area contributed by atoms with E-state index in [4.69, 9.17) is 11.6 Å². The lowest BCUT2D eigenvalue weighted by atomic mass is 10.6. The monoisotopic (exact) mass is 162 g/mol. The first-order chi connectivity index (χ1) is 4.06. The molecule has 0 fully saturated rings. The molecule has 0 rings (SSSR count). The molecular weight excluding hydrogens is 148 g/mol. The summed E-state index contributed by atoms with van der Waals surface area (Å²) < 4.78 is 0. The molecule has 0 radical (unpaired) electrons. The molecule has 0 saturated carbocycles. The molecule has 0 nitrogen and oxygen atoms in total. The number of hydrogen-bond acceptors (Lipinski definition) is 0. The molecule has 9 heavy (non-hydrogen) atoms. The summed E-state index contributed by atoms with van der Waals surface area (Å²) in [6, 6.07) is 1.25. The van der Waals surface area contributed by atoms with Crippen LogP contribution in [0.5, 0.6) is 0 Å². The molecule has 0 amide bonds. The molecule has 0 N–H and O–H groups in total. The Kier molecular flexibility index (Phi) is 4.24. The van der Waals surface area contributed by atoms with Crippen LogP contribution in [0.4, 0.5) is 0 Å². The van der Waals surface area contributed by atoms with Crippen LogP contribution in [-0.2, 0) is 0 Å². The van der Waals surface area contributed by atoms with Crippen LogP contribution < -0.4 is 0 Å². The number of alkyl halides is 1. The third-order valence-electron chi connectivity index (χ3n) is 0.986. The molecule has 0 heterocycles. The number of halogens is 1. The van der Waals surface area contributed by atoms with Gasteiger partial charge in [0.2, 0.25) is 0 Å². The molecule has 0 bridgehead atoms. The molecule has 0 aromatic rings. The van der Waals surface area contributed by atoms with Gasteiger partial charge in [0.25, 0.3) is 0 Å². The van der Waals surface area contributed by atoms with Crippen LogP contribution in [0.25, 0.3) is 0 Å². The molecule has 0 aromatic carbocycles. The highest BCUT2D eigenvalue weighted by Gasteiger charge is 2.08. The van der Waals surface area contributed by atoms with E-state index in [0.717, 1.165) is 0 Å². The lowest BCUT2D eigenvalue weighted by Crippen LogP contribution is -2.17. The highest BCUT2D eigenvalue weighted by Crippen LogP contribution is 2.07. The third-order valence-corrected chi connectivity index (χ3v) is 2.62. The summed E-state index contributed by atoms with van der Waals surface area (Å²) >= 11 is 5.46. The Morgan fingerprint density at radius 3 is 2.11 bits per heavy atom. The number of rotatable bonds is 3. The van der Waals surface area contributed by atoms with E-state index < -0.39 is 8.07 Å². The zero-order valence-electron chi connectivity index (χ0n) is 6.45. The normalized spacial score (nSPS) is 12.9. The summed E-state index contributed by atoms with van der Waals surface area (Å²) in [6.07, 6.45) is 4.22. The van der Waals surface area contributed by atoms with Crippen molar-refractivity contribution in [3.63, 3.8) is 0 Å². The smallest absolute Gasteiger partial charge is 0.0480 e. The van der Waals surface area contributed by atoms with E-state index in [2.05, 4.69) is 25.7 Å². The molecule has 54 valence electrons. The van der Waals surface area contributed by atoms with E-state index in [1.54, 1.807) is 0 Å². The Hall–Kier alpha value is 0.247. The highest BCUT2D eigenvalue weighted by atomic mass is 35.5. The quantitative estimate of drug-likeness (QED) is 0.340. The second-order valence-corrected chi connectivity index (χ2v) is 9.23. The maximum Gasteiger partial charge on any atom is 0.0480 e. The van der Waals surface area contributed by atoms with Gasteiger partial charge in [-0.1, -0.05) is 31.8 Å². The first-order valence-electron chi connectivity index (χ1n) is 3.27. The van der Waals surface area contributed by atoms with E-state index >= 15 is 0 Å².